The van der Waals surface area contributed by atoms with E-state index < -0.39 is 25.0 Å². The quantitative estimate of drug-likeness (QED) is 0.627. The molecule has 0 aliphatic rings. The van der Waals surface area contributed by atoms with E-state index in [0.29, 0.717) is 0 Å². The maximum Gasteiger partial charge on any atom is 0.427 e. The summed E-state index contributed by atoms with van der Waals surface area (Å²) in [6.45, 7) is 0. The molecule has 0 spiro atoms. The molecule has 0 fully saturated rings. The fourth-order valence-electron chi connectivity index (χ4n) is 0.112. The molecule has 0 aromatic heterocycles. The normalized spacial score (nSPS) is 12.8. The Labute approximate surface area is 52.8 Å². The Morgan fingerprint density at radius 3 is 2.33 bits per heavy atom. The average Bonchev–Trinajstić information content (AvgIpc) is 1.64. The van der Waals surface area contributed by atoms with Gasteiger partial charge >= 0.3 is 7.83 Å². The van der Waals surface area contributed by atoms with Crippen molar-refractivity contribution in [3.05, 3.63) is 0 Å². The number of nitrogens with zero attached hydrogens (tertiary/aromatic N) is 2. The van der Waals surface area contributed by atoms with Gasteiger partial charge in [0.15, 0.2) is 8.52 Å². The van der Waals surface area contributed by atoms with Crippen molar-refractivity contribution in [1.82, 2.24) is 0 Å². The maximum atomic E-state index is 11.8. The first-order valence-corrected chi connectivity index (χ1v) is 4.59. The van der Waals surface area contributed by atoms with Crippen molar-refractivity contribution in [1.29, 1.82) is 5.16 Å². The minimum Gasteiger partial charge on any atom is -0.262 e. The van der Waals surface area contributed by atoms with Crippen LogP contribution in [0.1, 0.15) is 0 Å². The van der Waals surface area contributed by atoms with Crippen LogP contribution < -0.4 is 0 Å². The molecule has 0 heterocycles. The largest absolute Gasteiger partial charge is 0.427 e. The van der Waals surface area contributed by atoms with Gasteiger partial charge in [0, 0.05) is 0 Å². The van der Waals surface area contributed by atoms with Crippen molar-refractivity contribution >= 4 is 25.0 Å². The third kappa shape index (κ3) is 4.71. The molecule has 0 unspecified atom stereocenters. The summed E-state index contributed by atoms with van der Waals surface area (Å²) in [5.74, 6) is 0. The topological polar surface area (TPSA) is 48.6 Å². The molecule has 0 bridgehead atoms. The highest BCUT2D eigenvalue weighted by Crippen LogP contribution is 2.58. The number of hydrogen-bond acceptors (Lipinski definition) is 1. The molecule has 0 aromatic rings. The molecular formula is HF3N3P3. The Morgan fingerprint density at radius 2 is 2.00 bits per heavy atom. The minimum absolute atomic E-state index is 0.557. The molecule has 0 aliphatic heterocycles. The van der Waals surface area contributed by atoms with Gasteiger partial charge in [-0.3, -0.25) is 5.16 Å². The van der Waals surface area contributed by atoms with Crippen LogP contribution in [0.15, 0.2) is 9.03 Å². The SMILES string of the molecule is N=PN=P(F)(F)N=PF. The van der Waals surface area contributed by atoms with Crippen molar-refractivity contribution in [3.63, 3.8) is 0 Å². The van der Waals surface area contributed by atoms with Gasteiger partial charge in [0.2, 0.25) is 8.68 Å². The molecule has 0 amide bonds. The van der Waals surface area contributed by atoms with Crippen LogP contribution in [0.4, 0.5) is 12.6 Å². The van der Waals surface area contributed by atoms with Gasteiger partial charge in [0.25, 0.3) is 0 Å². The molecule has 0 rings (SSSR count). The Morgan fingerprint density at radius 1 is 1.44 bits per heavy atom. The summed E-state index contributed by atoms with van der Waals surface area (Å²) in [6.07, 6.45) is 0. The second-order valence-electron chi connectivity index (χ2n) is 0.810. The molecule has 1 N–H and O–H groups in total. The van der Waals surface area contributed by atoms with Crippen LogP contribution >= 0.6 is 25.0 Å². The van der Waals surface area contributed by atoms with Crippen molar-refractivity contribution in [2.45, 2.75) is 0 Å². The zero-order chi connectivity index (χ0) is 7.33. The molecule has 9 heavy (non-hydrogen) atoms. The summed E-state index contributed by atoms with van der Waals surface area (Å²) in [7, 11) is -6.56. The molecular weight excluding hydrogens is 192 g/mol. The zero-order valence-corrected chi connectivity index (χ0v) is 6.55. The lowest BCUT2D eigenvalue weighted by Gasteiger charge is -1.87. The average molecular weight is 193 g/mol. The van der Waals surface area contributed by atoms with Crippen molar-refractivity contribution in [2.75, 3.05) is 0 Å². The van der Waals surface area contributed by atoms with Crippen LogP contribution in [0.5, 0.6) is 0 Å². The molecule has 0 radical (unpaired) electrons. The van der Waals surface area contributed by atoms with Gasteiger partial charge in [0.05, 0.1) is 0 Å². The molecule has 0 atom stereocenters. The minimum atomic E-state index is -4.78. The van der Waals surface area contributed by atoms with Gasteiger partial charge in [-0.2, -0.15) is 4.20 Å². The van der Waals surface area contributed by atoms with E-state index in [1.54, 1.807) is 0 Å². The Bertz CT molecular complexity index is 167. The number of rotatable bonds is 2. The number of halogens is 3. The summed E-state index contributed by atoms with van der Waals surface area (Å²) in [4.78, 5) is 0. The highest BCUT2D eigenvalue weighted by Gasteiger charge is 2.13. The van der Waals surface area contributed by atoms with Gasteiger partial charge in [-0.25, -0.2) is 0 Å². The molecule has 0 saturated carbocycles. The van der Waals surface area contributed by atoms with E-state index in [-0.39, 0.29) is 0 Å². The van der Waals surface area contributed by atoms with E-state index >= 15 is 0 Å². The van der Waals surface area contributed by atoms with Gasteiger partial charge < -0.3 is 0 Å². The first-order valence-electron chi connectivity index (χ1n) is 1.53. The summed E-state index contributed by atoms with van der Waals surface area (Å²) >= 11 is 0. The molecule has 52 valence electrons. The lowest BCUT2D eigenvalue weighted by molar-refractivity contribution is 0.727. The first kappa shape index (κ1) is 9.22. The van der Waals surface area contributed by atoms with Crippen LogP contribution in [0.25, 0.3) is 0 Å². The van der Waals surface area contributed by atoms with Gasteiger partial charge in [0.1, 0.15) is 0 Å². The zero-order valence-electron chi connectivity index (χ0n) is 3.87. The number of nitrogens with one attached hydrogen (secondary N) is 1. The highest BCUT2D eigenvalue weighted by atomic mass is 31.2. The highest BCUT2D eigenvalue weighted by molar-refractivity contribution is 7.61. The van der Waals surface area contributed by atoms with E-state index in [1.165, 1.54) is 0 Å². The smallest absolute Gasteiger partial charge is 0.262 e. The van der Waals surface area contributed by atoms with Gasteiger partial charge in [-0.15, -0.1) is 17.4 Å². The van der Waals surface area contributed by atoms with Crippen LogP contribution in [-0.2, 0) is 0 Å². The Kier molecular flexibility index (Phi) is 4.20. The second kappa shape index (κ2) is 4.10. The third-order valence-corrected chi connectivity index (χ3v) is 2.64. The monoisotopic (exact) mass is 193 g/mol. The molecule has 0 saturated heterocycles. The Hall–Kier alpha value is 0.220. The van der Waals surface area contributed by atoms with Crippen molar-refractivity contribution in [3.8, 4) is 0 Å². The Balaban J connectivity index is 4.35. The molecule has 0 aromatic carbocycles. The maximum absolute atomic E-state index is 11.8. The summed E-state index contributed by atoms with van der Waals surface area (Å²) in [5.41, 5.74) is 0. The second-order valence-corrected chi connectivity index (χ2v) is 3.50. The fourth-order valence-corrected chi connectivity index (χ4v) is 1.33. The van der Waals surface area contributed by atoms with E-state index in [1.807, 2.05) is 0 Å². The van der Waals surface area contributed by atoms with Crippen LogP contribution in [-0.4, -0.2) is 0 Å². The van der Waals surface area contributed by atoms with E-state index in [4.69, 9.17) is 5.16 Å². The van der Waals surface area contributed by atoms with Crippen molar-refractivity contribution in [2.24, 2.45) is 9.03 Å². The standard InChI is InChI=1S/F3HN3P3/c1-7-5-9(2,3)6-8-4/h4H. The van der Waals surface area contributed by atoms with Crippen LogP contribution in [0, 0.1) is 5.16 Å². The van der Waals surface area contributed by atoms with E-state index in [0.717, 1.165) is 0 Å². The third-order valence-electron chi connectivity index (χ3n) is 0.294. The number of hydrogen-bond donors (Lipinski definition) is 1. The van der Waals surface area contributed by atoms with Crippen LogP contribution in [0.2, 0.25) is 0 Å². The fraction of sp³-hybridized carbons (Fsp3) is 0. The van der Waals surface area contributed by atoms with E-state index in [9.17, 15) is 12.6 Å². The van der Waals surface area contributed by atoms with Gasteiger partial charge in [-0.1, -0.05) is 0 Å². The first-order chi connectivity index (χ1) is 4.12. The lowest BCUT2D eigenvalue weighted by atomic mass is 13.9. The molecule has 0 aliphatic carbocycles. The molecule has 3 nitrogen and oxygen atoms in total. The predicted octanol–water partition coefficient (Wildman–Crippen LogP) is 4.51. The van der Waals surface area contributed by atoms with Crippen molar-refractivity contribution < 1.29 is 12.6 Å². The molecule has 9 heteroatoms. The summed E-state index contributed by atoms with van der Waals surface area (Å²) in [5, 5.41) is 6.20. The summed E-state index contributed by atoms with van der Waals surface area (Å²) in [6, 6.07) is 0. The van der Waals surface area contributed by atoms with Crippen LogP contribution in [0.3, 0.4) is 0 Å². The predicted molar refractivity (Wildman–Crippen MR) is 31.7 cm³/mol. The van der Waals surface area contributed by atoms with Gasteiger partial charge in [-0.05, 0) is 0 Å². The summed E-state index contributed by atoms with van der Waals surface area (Å²) < 4.78 is 39.4. The van der Waals surface area contributed by atoms with E-state index in [2.05, 4.69) is 9.03 Å². The lowest BCUT2D eigenvalue weighted by Crippen LogP contribution is -1.43.